The first-order valence-electron chi connectivity index (χ1n) is 7.55. The number of anilines is 3. The van der Waals surface area contributed by atoms with E-state index in [9.17, 15) is 18.3 Å². The molecule has 25 heavy (non-hydrogen) atoms. The summed E-state index contributed by atoms with van der Waals surface area (Å²) in [5.41, 5.74) is -0.549. The highest BCUT2D eigenvalue weighted by Gasteiger charge is 2.34. The van der Waals surface area contributed by atoms with Gasteiger partial charge in [-0.1, -0.05) is 25.4 Å². The number of hydrogen-bond donors (Lipinski definition) is 3. The van der Waals surface area contributed by atoms with Crippen LogP contribution in [0.2, 0.25) is 5.02 Å². The number of aromatic nitrogens is 2. The smallest absolute Gasteiger partial charge is 0.394 e. The van der Waals surface area contributed by atoms with Crippen LogP contribution in [0.15, 0.2) is 30.3 Å². The number of aliphatic hydroxyl groups is 1. The van der Waals surface area contributed by atoms with Crippen molar-refractivity contribution in [1.29, 1.82) is 0 Å². The van der Waals surface area contributed by atoms with E-state index in [4.69, 9.17) is 11.6 Å². The standard InChI is InChI=1S/C16H18ClF3N4O/c1-9(2)12(8-25)22-15-23-13(16(18,19)20)7-14(24-15)21-11-5-3-10(17)4-6-11/h3-7,9,12,25H,8H2,1-2H3,(H2,21,22,23,24)/t12-/m0/s1. The average molecular weight is 375 g/mol. The number of halogens is 4. The molecule has 2 rings (SSSR count). The van der Waals surface area contributed by atoms with Crippen molar-refractivity contribution in [3.63, 3.8) is 0 Å². The predicted molar refractivity (Wildman–Crippen MR) is 91.1 cm³/mol. The van der Waals surface area contributed by atoms with E-state index in [-0.39, 0.29) is 24.3 Å². The fourth-order valence-electron chi connectivity index (χ4n) is 1.99. The van der Waals surface area contributed by atoms with Gasteiger partial charge in [0.1, 0.15) is 5.82 Å². The van der Waals surface area contributed by atoms with Crippen LogP contribution in [0.3, 0.4) is 0 Å². The zero-order valence-electron chi connectivity index (χ0n) is 13.6. The summed E-state index contributed by atoms with van der Waals surface area (Å²) in [5, 5.41) is 15.4. The van der Waals surface area contributed by atoms with Gasteiger partial charge in [0.05, 0.1) is 12.6 Å². The molecule has 5 nitrogen and oxygen atoms in total. The molecule has 0 aliphatic carbocycles. The topological polar surface area (TPSA) is 70.1 Å². The molecule has 3 N–H and O–H groups in total. The minimum absolute atomic E-state index is 0.0178. The lowest BCUT2D eigenvalue weighted by atomic mass is 10.1. The summed E-state index contributed by atoms with van der Waals surface area (Å²) in [6.07, 6.45) is -4.62. The van der Waals surface area contributed by atoms with Gasteiger partial charge in [-0.25, -0.2) is 4.98 Å². The molecule has 0 radical (unpaired) electrons. The first kappa shape index (κ1) is 19.3. The quantitative estimate of drug-likeness (QED) is 0.702. The van der Waals surface area contributed by atoms with E-state index in [1.807, 2.05) is 13.8 Å². The highest BCUT2D eigenvalue weighted by molar-refractivity contribution is 6.30. The molecular weight excluding hydrogens is 357 g/mol. The summed E-state index contributed by atoms with van der Waals surface area (Å²) in [6, 6.07) is 6.81. The lowest BCUT2D eigenvalue weighted by Crippen LogP contribution is -2.30. The van der Waals surface area contributed by atoms with Gasteiger partial charge in [0.2, 0.25) is 5.95 Å². The van der Waals surface area contributed by atoms with Gasteiger partial charge < -0.3 is 15.7 Å². The Labute approximate surface area is 148 Å². The van der Waals surface area contributed by atoms with Gasteiger partial charge >= 0.3 is 6.18 Å². The van der Waals surface area contributed by atoms with Crippen LogP contribution in [-0.4, -0.2) is 27.7 Å². The molecule has 1 atom stereocenters. The number of alkyl halides is 3. The molecule has 0 bridgehead atoms. The Kier molecular flexibility index (Phi) is 6.07. The van der Waals surface area contributed by atoms with Crippen molar-refractivity contribution in [2.45, 2.75) is 26.1 Å². The zero-order valence-corrected chi connectivity index (χ0v) is 14.4. The molecule has 2 aromatic rings. The van der Waals surface area contributed by atoms with Crippen molar-refractivity contribution in [3.05, 3.63) is 41.0 Å². The minimum Gasteiger partial charge on any atom is -0.394 e. The van der Waals surface area contributed by atoms with Gasteiger partial charge in [0, 0.05) is 16.8 Å². The normalized spacial score (nSPS) is 13.0. The molecule has 9 heteroatoms. The van der Waals surface area contributed by atoms with Crippen LogP contribution < -0.4 is 10.6 Å². The summed E-state index contributed by atoms with van der Waals surface area (Å²) in [6.45, 7) is 3.40. The summed E-state index contributed by atoms with van der Waals surface area (Å²) in [7, 11) is 0. The van der Waals surface area contributed by atoms with Gasteiger partial charge in [-0.15, -0.1) is 0 Å². The molecule has 0 amide bonds. The van der Waals surface area contributed by atoms with Crippen LogP contribution in [0.25, 0.3) is 0 Å². The fourth-order valence-corrected chi connectivity index (χ4v) is 2.12. The molecule has 1 aromatic heterocycles. The van der Waals surface area contributed by atoms with E-state index < -0.39 is 17.9 Å². The molecule has 0 aliphatic heterocycles. The highest BCUT2D eigenvalue weighted by atomic mass is 35.5. The Hall–Kier alpha value is -2.06. The van der Waals surface area contributed by atoms with E-state index in [0.29, 0.717) is 10.7 Å². The third-order valence-electron chi connectivity index (χ3n) is 3.45. The van der Waals surface area contributed by atoms with Crippen molar-refractivity contribution in [2.24, 2.45) is 5.92 Å². The lowest BCUT2D eigenvalue weighted by Gasteiger charge is -2.21. The van der Waals surface area contributed by atoms with E-state index >= 15 is 0 Å². The summed E-state index contributed by atoms with van der Waals surface area (Å²) in [4.78, 5) is 7.57. The van der Waals surface area contributed by atoms with Crippen LogP contribution in [-0.2, 0) is 6.18 Å². The summed E-state index contributed by atoms with van der Waals surface area (Å²) in [5.74, 6) is -0.248. The van der Waals surface area contributed by atoms with Crippen molar-refractivity contribution in [1.82, 2.24) is 9.97 Å². The van der Waals surface area contributed by atoms with Crippen LogP contribution in [0, 0.1) is 5.92 Å². The average Bonchev–Trinajstić information content (AvgIpc) is 2.53. The maximum Gasteiger partial charge on any atom is 0.433 e. The van der Waals surface area contributed by atoms with Gasteiger partial charge in [-0.3, -0.25) is 0 Å². The van der Waals surface area contributed by atoms with Crippen molar-refractivity contribution in [2.75, 3.05) is 17.2 Å². The third kappa shape index (κ3) is 5.47. The number of rotatable bonds is 6. The zero-order chi connectivity index (χ0) is 18.6. The molecular formula is C16H18ClF3N4O. The SMILES string of the molecule is CC(C)[C@H](CO)Nc1nc(Nc2ccc(Cl)cc2)cc(C(F)(F)F)n1. The fraction of sp³-hybridized carbons (Fsp3) is 0.375. The van der Waals surface area contributed by atoms with Crippen LogP contribution in [0.4, 0.5) is 30.6 Å². The maximum absolute atomic E-state index is 13.1. The molecule has 0 saturated carbocycles. The van der Waals surface area contributed by atoms with Gasteiger partial charge in [-0.05, 0) is 30.2 Å². The Morgan fingerprint density at radius 3 is 2.32 bits per heavy atom. The van der Waals surface area contributed by atoms with E-state index in [0.717, 1.165) is 6.07 Å². The molecule has 136 valence electrons. The van der Waals surface area contributed by atoms with Gasteiger partial charge in [-0.2, -0.15) is 18.2 Å². The van der Waals surface area contributed by atoms with Crippen molar-refractivity contribution >= 4 is 29.1 Å². The monoisotopic (exact) mass is 374 g/mol. The number of benzene rings is 1. The van der Waals surface area contributed by atoms with Gasteiger partial charge in [0.25, 0.3) is 0 Å². The number of nitrogens with zero attached hydrogens (tertiary/aromatic N) is 2. The Morgan fingerprint density at radius 1 is 1.16 bits per heavy atom. The van der Waals surface area contributed by atoms with E-state index in [1.54, 1.807) is 24.3 Å². The summed E-state index contributed by atoms with van der Waals surface area (Å²) < 4.78 is 39.3. The second-order valence-electron chi connectivity index (χ2n) is 5.77. The van der Waals surface area contributed by atoms with E-state index in [2.05, 4.69) is 20.6 Å². The van der Waals surface area contributed by atoms with Crippen LogP contribution in [0.5, 0.6) is 0 Å². The second kappa shape index (κ2) is 7.88. The van der Waals surface area contributed by atoms with Crippen LogP contribution in [0.1, 0.15) is 19.5 Å². The molecule has 1 aromatic carbocycles. The van der Waals surface area contributed by atoms with Crippen LogP contribution >= 0.6 is 11.6 Å². The minimum atomic E-state index is -4.62. The molecule has 0 unspecified atom stereocenters. The number of aliphatic hydroxyl groups excluding tert-OH is 1. The lowest BCUT2D eigenvalue weighted by molar-refractivity contribution is -0.141. The third-order valence-corrected chi connectivity index (χ3v) is 3.70. The Morgan fingerprint density at radius 2 is 1.80 bits per heavy atom. The number of hydrogen-bond acceptors (Lipinski definition) is 5. The van der Waals surface area contributed by atoms with Crippen molar-refractivity contribution in [3.8, 4) is 0 Å². The second-order valence-corrected chi connectivity index (χ2v) is 6.21. The largest absolute Gasteiger partial charge is 0.433 e. The Bertz CT molecular complexity index is 708. The van der Waals surface area contributed by atoms with Crippen molar-refractivity contribution < 1.29 is 18.3 Å². The molecule has 0 saturated heterocycles. The van der Waals surface area contributed by atoms with Gasteiger partial charge in [0.15, 0.2) is 5.69 Å². The molecule has 0 spiro atoms. The molecule has 0 fully saturated rings. The highest BCUT2D eigenvalue weighted by Crippen LogP contribution is 2.30. The number of nitrogens with one attached hydrogen (secondary N) is 2. The molecule has 0 aliphatic rings. The Balaban J connectivity index is 2.34. The summed E-state index contributed by atoms with van der Waals surface area (Å²) >= 11 is 5.79. The van der Waals surface area contributed by atoms with E-state index in [1.165, 1.54) is 0 Å². The predicted octanol–water partition coefficient (Wildman–Crippen LogP) is 4.32. The first-order valence-corrected chi connectivity index (χ1v) is 7.93. The molecule has 1 heterocycles. The first-order chi connectivity index (χ1) is 11.7. The maximum atomic E-state index is 13.1.